The van der Waals surface area contributed by atoms with E-state index in [2.05, 4.69) is 41.2 Å². The summed E-state index contributed by atoms with van der Waals surface area (Å²) in [5.74, 6) is 0.841. The number of ether oxygens (including phenoxy) is 1. The normalized spacial score (nSPS) is 10.6. The van der Waals surface area contributed by atoms with Gasteiger partial charge in [-0.3, -0.25) is 0 Å². The molecular formula is C23H25ClN4O2. The fraction of sp³-hybridized carbons (Fsp3) is 0.217. The maximum atomic E-state index is 5.93. The van der Waals surface area contributed by atoms with E-state index in [9.17, 15) is 0 Å². The second kappa shape index (κ2) is 10.1. The van der Waals surface area contributed by atoms with Gasteiger partial charge < -0.3 is 19.8 Å². The van der Waals surface area contributed by atoms with Gasteiger partial charge in [-0.15, -0.1) is 12.4 Å². The topological polar surface area (TPSA) is 77.4 Å². The highest BCUT2D eigenvalue weighted by atomic mass is 35.5. The molecule has 2 N–H and O–H groups in total. The number of aromatic nitrogens is 2. The highest BCUT2D eigenvalue weighted by molar-refractivity contribution is 5.85. The SMILES string of the molecule is Cc1ccccc1COc1ccc(CN(CCN)c2nc3ncccc3o2)cc1.Cl. The zero-order valence-corrected chi connectivity index (χ0v) is 17.6. The number of benzene rings is 2. The molecule has 6 nitrogen and oxygen atoms in total. The zero-order valence-electron chi connectivity index (χ0n) is 16.8. The van der Waals surface area contributed by atoms with E-state index in [0.29, 0.717) is 43.5 Å². The highest BCUT2D eigenvalue weighted by Crippen LogP contribution is 2.22. The van der Waals surface area contributed by atoms with Crippen molar-refractivity contribution in [2.24, 2.45) is 5.73 Å². The fourth-order valence-electron chi connectivity index (χ4n) is 3.14. The summed E-state index contributed by atoms with van der Waals surface area (Å²) in [5, 5.41) is 0. The van der Waals surface area contributed by atoms with Crippen LogP contribution in [-0.2, 0) is 13.2 Å². The summed E-state index contributed by atoms with van der Waals surface area (Å²) in [6.07, 6.45) is 1.71. The summed E-state index contributed by atoms with van der Waals surface area (Å²) in [6, 6.07) is 20.6. The molecule has 0 fully saturated rings. The number of rotatable bonds is 8. The maximum Gasteiger partial charge on any atom is 0.300 e. The third-order valence-corrected chi connectivity index (χ3v) is 4.78. The largest absolute Gasteiger partial charge is 0.489 e. The van der Waals surface area contributed by atoms with Crippen molar-refractivity contribution in [3.63, 3.8) is 0 Å². The Kier molecular flexibility index (Phi) is 7.27. The molecule has 0 spiro atoms. The molecule has 0 aliphatic carbocycles. The Labute approximate surface area is 182 Å². The second-order valence-electron chi connectivity index (χ2n) is 6.89. The van der Waals surface area contributed by atoms with Crippen LogP contribution in [0.5, 0.6) is 5.75 Å². The van der Waals surface area contributed by atoms with Crippen LogP contribution in [0.1, 0.15) is 16.7 Å². The molecule has 30 heavy (non-hydrogen) atoms. The van der Waals surface area contributed by atoms with E-state index < -0.39 is 0 Å². The molecule has 0 saturated carbocycles. The van der Waals surface area contributed by atoms with Gasteiger partial charge in [-0.2, -0.15) is 4.98 Å². The van der Waals surface area contributed by atoms with Crippen molar-refractivity contribution in [2.45, 2.75) is 20.1 Å². The molecule has 0 saturated heterocycles. The predicted molar refractivity (Wildman–Crippen MR) is 121 cm³/mol. The van der Waals surface area contributed by atoms with E-state index >= 15 is 0 Å². The molecule has 2 heterocycles. The highest BCUT2D eigenvalue weighted by Gasteiger charge is 2.14. The van der Waals surface area contributed by atoms with Crippen LogP contribution < -0.4 is 15.4 Å². The Morgan fingerprint density at radius 1 is 1.03 bits per heavy atom. The minimum Gasteiger partial charge on any atom is -0.489 e. The molecule has 0 aliphatic rings. The predicted octanol–water partition coefficient (Wildman–Crippen LogP) is 4.50. The second-order valence-corrected chi connectivity index (χ2v) is 6.89. The van der Waals surface area contributed by atoms with Gasteiger partial charge in [0.2, 0.25) is 5.65 Å². The smallest absolute Gasteiger partial charge is 0.300 e. The first-order valence-electron chi connectivity index (χ1n) is 9.66. The van der Waals surface area contributed by atoms with Crippen LogP contribution in [0.15, 0.2) is 71.3 Å². The van der Waals surface area contributed by atoms with Crippen molar-refractivity contribution in [1.29, 1.82) is 0 Å². The minimum absolute atomic E-state index is 0. The Morgan fingerprint density at radius 2 is 1.83 bits per heavy atom. The lowest BCUT2D eigenvalue weighted by Gasteiger charge is -2.19. The zero-order chi connectivity index (χ0) is 20.1. The number of hydrogen-bond donors (Lipinski definition) is 1. The van der Waals surface area contributed by atoms with Gasteiger partial charge >= 0.3 is 0 Å². The molecule has 0 aliphatic heterocycles. The summed E-state index contributed by atoms with van der Waals surface area (Å²) in [7, 11) is 0. The number of halogens is 1. The molecule has 7 heteroatoms. The van der Waals surface area contributed by atoms with Crippen molar-refractivity contribution >= 4 is 29.7 Å². The molecule has 2 aromatic heterocycles. The van der Waals surface area contributed by atoms with Gasteiger partial charge in [0.15, 0.2) is 5.58 Å². The Balaban J connectivity index is 0.00000256. The van der Waals surface area contributed by atoms with E-state index in [0.717, 1.165) is 11.3 Å². The third kappa shape index (κ3) is 5.09. The summed E-state index contributed by atoms with van der Waals surface area (Å²) < 4.78 is 11.8. The van der Waals surface area contributed by atoms with Crippen LogP contribution in [0.25, 0.3) is 11.2 Å². The van der Waals surface area contributed by atoms with Crippen LogP contribution in [-0.4, -0.2) is 23.1 Å². The number of fused-ring (bicyclic) bond motifs is 1. The van der Waals surface area contributed by atoms with Gasteiger partial charge in [0.1, 0.15) is 12.4 Å². The van der Waals surface area contributed by atoms with Gasteiger partial charge in [-0.05, 0) is 47.9 Å². The van der Waals surface area contributed by atoms with E-state index in [1.807, 2.05) is 41.3 Å². The number of aryl methyl sites for hydroxylation is 1. The molecule has 156 valence electrons. The van der Waals surface area contributed by atoms with E-state index in [-0.39, 0.29) is 12.4 Å². The van der Waals surface area contributed by atoms with Crippen molar-refractivity contribution < 1.29 is 9.15 Å². The summed E-state index contributed by atoms with van der Waals surface area (Å²) in [6.45, 7) is 4.43. The van der Waals surface area contributed by atoms with Crippen molar-refractivity contribution in [3.8, 4) is 5.75 Å². The quantitative estimate of drug-likeness (QED) is 0.448. The lowest BCUT2D eigenvalue weighted by atomic mass is 10.1. The molecule has 0 radical (unpaired) electrons. The maximum absolute atomic E-state index is 5.93. The van der Waals surface area contributed by atoms with Crippen LogP contribution in [0.3, 0.4) is 0 Å². The Bertz CT molecular complexity index is 1050. The molecule has 0 amide bonds. The van der Waals surface area contributed by atoms with Crippen LogP contribution in [0.2, 0.25) is 0 Å². The first kappa shape index (κ1) is 21.6. The standard InChI is InChI=1S/C23H24N4O2.ClH/c1-17-5-2-3-6-19(17)16-28-20-10-8-18(9-11-20)15-27(14-12-24)23-26-22-21(29-23)7-4-13-25-22;/h2-11,13H,12,14-16,24H2,1H3;1H. The molecule has 4 rings (SSSR count). The summed E-state index contributed by atoms with van der Waals surface area (Å²) in [5.41, 5.74) is 10.6. The van der Waals surface area contributed by atoms with E-state index in [1.165, 1.54) is 11.1 Å². The molecule has 0 atom stereocenters. The van der Waals surface area contributed by atoms with E-state index in [1.54, 1.807) is 6.20 Å². The third-order valence-electron chi connectivity index (χ3n) is 4.78. The average molecular weight is 425 g/mol. The number of pyridine rings is 1. The lowest BCUT2D eigenvalue weighted by molar-refractivity contribution is 0.305. The van der Waals surface area contributed by atoms with Crippen molar-refractivity contribution in [2.75, 3.05) is 18.0 Å². The van der Waals surface area contributed by atoms with Crippen molar-refractivity contribution in [1.82, 2.24) is 9.97 Å². The molecular weight excluding hydrogens is 400 g/mol. The first-order valence-corrected chi connectivity index (χ1v) is 9.66. The number of nitrogens with two attached hydrogens (primary N) is 1. The lowest BCUT2D eigenvalue weighted by Crippen LogP contribution is -2.29. The van der Waals surface area contributed by atoms with Gasteiger partial charge in [-0.1, -0.05) is 36.4 Å². The van der Waals surface area contributed by atoms with Gasteiger partial charge in [0, 0.05) is 25.8 Å². The Morgan fingerprint density at radius 3 is 2.57 bits per heavy atom. The number of anilines is 1. The molecule has 0 unspecified atom stereocenters. The number of hydrogen-bond acceptors (Lipinski definition) is 6. The van der Waals surface area contributed by atoms with Gasteiger partial charge in [0.05, 0.1) is 0 Å². The number of oxazole rings is 1. The van der Waals surface area contributed by atoms with Crippen LogP contribution >= 0.6 is 12.4 Å². The van der Waals surface area contributed by atoms with Gasteiger partial charge in [-0.25, -0.2) is 4.98 Å². The number of nitrogens with zero attached hydrogens (tertiary/aromatic N) is 3. The Hall–Kier alpha value is -3.09. The summed E-state index contributed by atoms with van der Waals surface area (Å²) in [4.78, 5) is 10.7. The fourth-order valence-corrected chi connectivity index (χ4v) is 3.14. The molecule has 4 aromatic rings. The van der Waals surface area contributed by atoms with Crippen LogP contribution in [0.4, 0.5) is 6.01 Å². The van der Waals surface area contributed by atoms with E-state index in [4.69, 9.17) is 14.9 Å². The first-order chi connectivity index (χ1) is 14.2. The monoisotopic (exact) mass is 424 g/mol. The van der Waals surface area contributed by atoms with Crippen LogP contribution in [0, 0.1) is 6.92 Å². The van der Waals surface area contributed by atoms with Gasteiger partial charge in [0.25, 0.3) is 6.01 Å². The average Bonchev–Trinajstić information content (AvgIpc) is 3.18. The minimum atomic E-state index is 0. The molecule has 2 aromatic carbocycles. The molecule has 0 bridgehead atoms. The summed E-state index contributed by atoms with van der Waals surface area (Å²) >= 11 is 0. The van der Waals surface area contributed by atoms with Crippen molar-refractivity contribution in [3.05, 3.63) is 83.6 Å².